The lowest BCUT2D eigenvalue weighted by Gasteiger charge is -2.49. The molecule has 1 aliphatic heterocycles. The molecule has 3 rings (SSSR count). The number of nitrogens with one attached hydrogen (secondary N) is 1. The summed E-state index contributed by atoms with van der Waals surface area (Å²) in [4.78, 5) is 0. The summed E-state index contributed by atoms with van der Waals surface area (Å²) in [6, 6.07) is 9.04. The summed E-state index contributed by atoms with van der Waals surface area (Å²) in [5, 5.41) is 3.62. The van der Waals surface area contributed by atoms with Crippen LogP contribution in [0.5, 0.6) is 0 Å². The van der Waals surface area contributed by atoms with Crippen LogP contribution in [-0.2, 0) is 0 Å². The normalized spacial score (nSPS) is 35.5. The third-order valence-corrected chi connectivity index (χ3v) is 5.81. The predicted molar refractivity (Wildman–Crippen MR) is 84.4 cm³/mol. The molecule has 1 heterocycles. The SMILES string of the molecule is CC1CCCC2(CCNCC2c2ccc(Br)cc2)C1. The van der Waals surface area contributed by atoms with Gasteiger partial charge in [-0.15, -0.1) is 0 Å². The van der Waals surface area contributed by atoms with Crippen molar-refractivity contribution in [2.24, 2.45) is 11.3 Å². The fourth-order valence-corrected chi connectivity index (χ4v) is 4.65. The number of benzene rings is 1. The second-order valence-corrected chi connectivity index (χ2v) is 7.54. The molecule has 1 N–H and O–H groups in total. The van der Waals surface area contributed by atoms with Gasteiger partial charge in [-0.05, 0) is 54.8 Å². The van der Waals surface area contributed by atoms with E-state index < -0.39 is 0 Å². The molecule has 3 unspecified atom stereocenters. The second kappa shape index (κ2) is 5.57. The smallest absolute Gasteiger partial charge is 0.0175 e. The molecule has 0 radical (unpaired) electrons. The van der Waals surface area contributed by atoms with Crippen LogP contribution in [0.25, 0.3) is 0 Å². The highest BCUT2D eigenvalue weighted by Crippen LogP contribution is 2.52. The van der Waals surface area contributed by atoms with E-state index in [-0.39, 0.29) is 0 Å². The monoisotopic (exact) mass is 321 g/mol. The van der Waals surface area contributed by atoms with Gasteiger partial charge >= 0.3 is 0 Å². The summed E-state index contributed by atoms with van der Waals surface area (Å²) in [5.41, 5.74) is 2.10. The zero-order valence-electron chi connectivity index (χ0n) is 11.8. The summed E-state index contributed by atoms with van der Waals surface area (Å²) in [5.74, 6) is 1.61. The van der Waals surface area contributed by atoms with E-state index in [1.54, 1.807) is 0 Å². The number of rotatable bonds is 1. The summed E-state index contributed by atoms with van der Waals surface area (Å²) < 4.78 is 1.19. The Morgan fingerprint density at radius 3 is 2.74 bits per heavy atom. The van der Waals surface area contributed by atoms with Gasteiger partial charge in [-0.25, -0.2) is 0 Å². The van der Waals surface area contributed by atoms with Crippen LogP contribution in [0.1, 0.15) is 50.5 Å². The molecular weight excluding hydrogens is 298 g/mol. The van der Waals surface area contributed by atoms with Crippen LogP contribution in [0, 0.1) is 11.3 Å². The van der Waals surface area contributed by atoms with Gasteiger partial charge in [-0.1, -0.05) is 47.8 Å². The largest absolute Gasteiger partial charge is 0.316 e. The molecule has 1 saturated carbocycles. The molecule has 1 aromatic carbocycles. The first-order valence-corrected chi connectivity index (χ1v) is 8.45. The lowest BCUT2D eigenvalue weighted by atomic mass is 9.58. The highest BCUT2D eigenvalue weighted by molar-refractivity contribution is 9.10. The maximum absolute atomic E-state index is 3.62. The van der Waals surface area contributed by atoms with E-state index in [2.05, 4.69) is 52.4 Å². The number of hydrogen-bond acceptors (Lipinski definition) is 1. The molecular formula is C17H24BrN. The predicted octanol–water partition coefficient (Wildman–Crippen LogP) is 4.72. The second-order valence-electron chi connectivity index (χ2n) is 6.62. The van der Waals surface area contributed by atoms with Crippen molar-refractivity contribution in [1.29, 1.82) is 0 Å². The van der Waals surface area contributed by atoms with Gasteiger partial charge in [-0.2, -0.15) is 0 Å². The number of hydrogen-bond donors (Lipinski definition) is 1. The molecule has 1 saturated heterocycles. The average molecular weight is 322 g/mol. The molecule has 0 bridgehead atoms. The fraction of sp³-hybridized carbons (Fsp3) is 0.647. The Kier molecular flexibility index (Phi) is 4.00. The summed E-state index contributed by atoms with van der Waals surface area (Å²) >= 11 is 3.55. The Balaban J connectivity index is 1.90. The first-order chi connectivity index (χ1) is 9.20. The molecule has 19 heavy (non-hydrogen) atoms. The van der Waals surface area contributed by atoms with Gasteiger partial charge in [0, 0.05) is 16.9 Å². The molecule has 1 nitrogen and oxygen atoms in total. The highest BCUT2D eigenvalue weighted by atomic mass is 79.9. The Bertz CT molecular complexity index is 423. The first kappa shape index (κ1) is 13.6. The van der Waals surface area contributed by atoms with Crippen molar-refractivity contribution in [3.05, 3.63) is 34.3 Å². The third kappa shape index (κ3) is 2.75. The third-order valence-electron chi connectivity index (χ3n) is 5.29. The van der Waals surface area contributed by atoms with Gasteiger partial charge in [0.2, 0.25) is 0 Å². The van der Waals surface area contributed by atoms with Crippen molar-refractivity contribution in [2.45, 2.75) is 44.9 Å². The molecule has 2 heteroatoms. The van der Waals surface area contributed by atoms with Crippen LogP contribution < -0.4 is 5.32 Å². The van der Waals surface area contributed by atoms with E-state index in [1.165, 1.54) is 48.7 Å². The Hall–Kier alpha value is -0.340. The lowest BCUT2D eigenvalue weighted by molar-refractivity contribution is 0.0757. The standard InChI is InChI=1S/C17H24BrN/c1-13-3-2-8-17(11-13)9-10-19-12-16(17)14-4-6-15(18)7-5-14/h4-7,13,16,19H,2-3,8-12H2,1H3. The minimum Gasteiger partial charge on any atom is -0.316 e. The maximum Gasteiger partial charge on any atom is 0.0175 e. The van der Waals surface area contributed by atoms with Gasteiger partial charge < -0.3 is 5.32 Å². The minimum absolute atomic E-state index is 0.566. The van der Waals surface area contributed by atoms with Crippen molar-refractivity contribution < 1.29 is 0 Å². The molecule has 1 aromatic rings. The minimum atomic E-state index is 0.566. The van der Waals surface area contributed by atoms with E-state index in [0.717, 1.165) is 12.5 Å². The van der Waals surface area contributed by atoms with E-state index >= 15 is 0 Å². The van der Waals surface area contributed by atoms with Gasteiger partial charge in [0.25, 0.3) is 0 Å². The molecule has 0 amide bonds. The Morgan fingerprint density at radius 2 is 2.00 bits per heavy atom. The van der Waals surface area contributed by atoms with E-state index in [9.17, 15) is 0 Å². The van der Waals surface area contributed by atoms with Crippen LogP contribution >= 0.6 is 15.9 Å². The number of piperidine rings is 1. The van der Waals surface area contributed by atoms with Crippen LogP contribution in [-0.4, -0.2) is 13.1 Å². The fourth-order valence-electron chi connectivity index (χ4n) is 4.39. The van der Waals surface area contributed by atoms with Crippen molar-refractivity contribution in [2.75, 3.05) is 13.1 Å². The summed E-state index contributed by atoms with van der Waals surface area (Å²) in [7, 11) is 0. The number of halogens is 1. The van der Waals surface area contributed by atoms with Gasteiger partial charge in [0.1, 0.15) is 0 Å². The van der Waals surface area contributed by atoms with Gasteiger partial charge in [0.05, 0.1) is 0 Å². The van der Waals surface area contributed by atoms with Crippen LogP contribution in [0.4, 0.5) is 0 Å². The molecule has 1 aliphatic carbocycles. The summed E-state index contributed by atoms with van der Waals surface area (Å²) in [6.45, 7) is 4.82. The van der Waals surface area contributed by atoms with Crippen LogP contribution in [0.15, 0.2) is 28.7 Å². The first-order valence-electron chi connectivity index (χ1n) is 7.66. The average Bonchev–Trinajstić information content (AvgIpc) is 2.40. The Morgan fingerprint density at radius 1 is 1.21 bits per heavy atom. The topological polar surface area (TPSA) is 12.0 Å². The van der Waals surface area contributed by atoms with E-state index in [0.29, 0.717) is 11.3 Å². The summed E-state index contributed by atoms with van der Waals surface area (Å²) in [6.07, 6.45) is 7.07. The van der Waals surface area contributed by atoms with Gasteiger partial charge in [0.15, 0.2) is 0 Å². The molecule has 3 atom stereocenters. The van der Waals surface area contributed by atoms with E-state index in [4.69, 9.17) is 0 Å². The molecule has 2 fully saturated rings. The zero-order valence-corrected chi connectivity index (χ0v) is 13.4. The molecule has 0 aromatic heterocycles. The lowest BCUT2D eigenvalue weighted by Crippen LogP contribution is -2.45. The van der Waals surface area contributed by atoms with Crippen molar-refractivity contribution in [3.8, 4) is 0 Å². The Labute approximate surface area is 125 Å². The van der Waals surface area contributed by atoms with Crippen molar-refractivity contribution in [1.82, 2.24) is 5.32 Å². The van der Waals surface area contributed by atoms with E-state index in [1.807, 2.05) is 0 Å². The quantitative estimate of drug-likeness (QED) is 0.789. The zero-order chi connectivity index (χ0) is 13.3. The molecule has 2 aliphatic rings. The van der Waals surface area contributed by atoms with Gasteiger partial charge in [-0.3, -0.25) is 0 Å². The van der Waals surface area contributed by atoms with Crippen molar-refractivity contribution in [3.63, 3.8) is 0 Å². The highest BCUT2D eigenvalue weighted by Gasteiger charge is 2.43. The van der Waals surface area contributed by atoms with Crippen LogP contribution in [0.2, 0.25) is 0 Å². The molecule has 104 valence electrons. The van der Waals surface area contributed by atoms with Crippen molar-refractivity contribution >= 4 is 15.9 Å². The molecule has 1 spiro atoms. The van der Waals surface area contributed by atoms with Crippen LogP contribution in [0.3, 0.4) is 0 Å². The maximum atomic E-state index is 3.62.